The maximum Gasteiger partial charge on any atom is 0.179 e. The van der Waals surface area contributed by atoms with E-state index >= 15 is 0 Å². The highest BCUT2D eigenvalue weighted by atomic mass is 32.2. The maximum atomic E-state index is 11.6. The van der Waals surface area contributed by atoms with Crippen LogP contribution < -0.4 is 5.73 Å². The Hall–Kier alpha value is -1.07. The second kappa shape index (κ2) is 2.96. The molecule has 1 aromatic carbocycles. The van der Waals surface area contributed by atoms with E-state index in [1.54, 1.807) is 0 Å². The molecule has 0 spiro atoms. The fraction of sp³-hybridized carbons (Fsp3) is 0.333. The molecule has 1 atom stereocenters. The third-order valence-electron chi connectivity index (χ3n) is 2.49. The number of fused-ring (bicyclic) bond motifs is 1. The van der Waals surface area contributed by atoms with Crippen molar-refractivity contribution in [1.29, 1.82) is 0 Å². The van der Waals surface area contributed by atoms with Gasteiger partial charge in [-0.2, -0.15) is 0 Å². The van der Waals surface area contributed by atoms with Crippen molar-refractivity contribution in [3.63, 3.8) is 0 Å². The molecule has 0 aliphatic carbocycles. The first-order valence-electron chi connectivity index (χ1n) is 4.31. The molecule has 4 nitrogen and oxygen atoms in total. The summed E-state index contributed by atoms with van der Waals surface area (Å²) >= 11 is 0. The summed E-state index contributed by atoms with van der Waals surface area (Å²) < 4.78 is 23.2. The van der Waals surface area contributed by atoms with Gasteiger partial charge < -0.3 is 10.8 Å². The second-order valence-electron chi connectivity index (χ2n) is 3.40. The van der Waals surface area contributed by atoms with Crippen molar-refractivity contribution >= 4 is 9.84 Å². The van der Waals surface area contributed by atoms with Gasteiger partial charge in [0.05, 0.1) is 10.6 Å². The highest BCUT2D eigenvalue weighted by molar-refractivity contribution is 7.91. The van der Waals surface area contributed by atoms with E-state index in [4.69, 9.17) is 5.73 Å². The van der Waals surface area contributed by atoms with Gasteiger partial charge >= 0.3 is 0 Å². The Kier molecular flexibility index (Phi) is 2.01. The van der Waals surface area contributed by atoms with Crippen molar-refractivity contribution in [2.75, 3.05) is 12.3 Å². The quantitative estimate of drug-likeness (QED) is 0.699. The average molecular weight is 213 g/mol. The zero-order valence-electron chi connectivity index (χ0n) is 7.47. The van der Waals surface area contributed by atoms with Crippen LogP contribution in [0.2, 0.25) is 0 Å². The van der Waals surface area contributed by atoms with Gasteiger partial charge in [0, 0.05) is 18.0 Å². The highest BCUT2D eigenvalue weighted by Gasteiger charge is 2.35. The summed E-state index contributed by atoms with van der Waals surface area (Å²) in [6.07, 6.45) is 0. The molecule has 1 aliphatic heterocycles. The first-order valence-corrected chi connectivity index (χ1v) is 5.96. The minimum absolute atomic E-state index is 0.0103. The van der Waals surface area contributed by atoms with Crippen LogP contribution in [0, 0.1) is 0 Å². The lowest BCUT2D eigenvalue weighted by molar-refractivity contribution is 0.462. The van der Waals surface area contributed by atoms with Gasteiger partial charge in [0.1, 0.15) is 5.75 Å². The van der Waals surface area contributed by atoms with Gasteiger partial charge in [0.15, 0.2) is 9.84 Å². The number of phenols is 1. The van der Waals surface area contributed by atoms with Crippen molar-refractivity contribution in [1.82, 2.24) is 0 Å². The lowest BCUT2D eigenvalue weighted by Crippen LogP contribution is -2.14. The third-order valence-corrected chi connectivity index (χ3v) is 4.36. The molecular weight excluding hydrogens is 202 g/mol. The summed E-state index contributed by atoms with van der Waals surface area (Å²) in [6.45, 7) is 0.240. The fourth-order valence-corrected chi connectivity index (χ4v) is 3.74. The first kappa shape index (κ1) is 9.48. The van der Waals surface area contributed by atoms with E-state index in [1.807, 2.05) is 0 Å². The molecule has 2 rings (SSSR count). The number of sulfone groups is 1. The Morgan fingerprint density at radius 1 is 1.50 bits per heavy atom. The first-order chi connectivity index (χ1) is 6.56. The zero-order chi connectivity index (χ0) is 10.3. The van der Waals surface area contributed by atoms with E-state index in [2.05, 4.69) is 0 Å². The van der Waals surface area contributed by atoms with Gasteiger partial charge in [-0.25, -0.2) is 8.42 Å². The number of hydrogen-bond acceptors (Lipinski definition) is 4. The topological polar surface area (TPSA) is 80.4 Å². The molecule has 1 aromatic rings. The predicted octanol–water partition coefficient (Wildman–Crippen LogP) is 0.222. The normalized spacial score (nSPS) is 23.4. The Balaban J connectivity index is 2.71. The van der Waals surface area contributed by atoms with Crippen molar-refractivity contribution in [2.24, 2.45) is 5.73 Å². The Bertz CT molecular complexity index is 467. The van der Waals surface area contributed by atoms with Crippen molar-refractivity contribution in [3.8, 4) is 5.75 Å². The smallest absolute Gasteiger partial charge is 0.179 e. The molecule has 0 fully saturated rings. The molecule has 0 aromatic heterocycles. The van der Waals surface area contributed by atoms with E-state index in [9.17, 15) is 13.5 Å². The lowest BCUT2D eigenvalue weighted by atomic mass is 10.0. The van der Waals surface area contributed by atoms with E-state index in [0.29, 0.717) is 5.56 Å². The van der Waals surface area contributed by atoms with Crippen LogP contribution in [0.1, 0.15) is 11.5 Å². The zero-order valence-corrected chi connectivity index (χ0v) is 8.29. The standard InChI is InChI=1S/C9H11NO3S/c10-4-6-5-14(12,13)8-3-1-2-7(11)9(6)8/h1-3,6,11H,4-5,10H2. The van der Waals surface area contributed by atoms with Gasteiger partial charge in [0.2, 0.25) is 0 Å². The molecule has 1 aliphatic rings. The van der Waals surface area contributed by atoms with Crippen molar-refractivity contribution in [2.45, 2.75) is 10.8 Å². The number of nitrogens with two attached hydrogens (primary N) is 1. The Labute approximate surface area is 82.3 Å². The van der Waals surface area contributed by atoms with Crippen LogP contribution in [0.3, 0.4) is 0 Å². The van der Waals surface area contributed by atoms with E-state index in [1.165, 1.54) is 18.2 Å². The fourth-order valence-electron chi connectivity index (χ4n) is 1.84. The number of rotatable bonds is 1. The highest BCUT2D eigenvalue weighted by Crippen LogP contribution is 2.39. The summed E-state index contributed by atoms with van der Waals surface area (Å²) in [5, 5.41) is 9.55. The molecule has 0 bridgehead atoms. The van der Waals surface area contributed by atoms with Gasteiger partial charge in [-0.3, -0.25) is 0 Å². The third kappa shape index (κ3) is 1.20. The van der Waals surface area contributed by atoms with E-state index in [0.717, 1.165) is 0 Å². The Morgan fingerprint density at radius 2 is 2.21 bits per heavy atom. The van der Waals surface area contributed by atoms with E-state index in [-0.39, 0.29) is 28.9 Å². The summed E-state index contributed by atoms with van der Waals surface area (Å²) in [6, 6.07) is 4.53. The number of aromatic hydroxyl groups is 1. The lowest BCUT2D eigenvalue weighted by Gasteiger charge is -2.07. The molecule has 0 saturated heterocycles. The van der Waals surface area contributed by atoms with Crippen LogP contribution in [0.4, 0.5) is 0 Å². The minimum Gasteiger partial charge on any atom is -0.508 e. The van der Waals surface area contributed by atoms with Crippen LogP contribution in [-0.2, 0) is 9.84 Å². The van der Waals surface area contributed by atoms with Crippen molar-refractivity contribution < 1.29 is 13.5 Å². The minimum atomic E-state index is -3.23. The van der Waals surface area contributed by atoms with Crippen LogP contribution in [0.15, 0.2) is 23.1 Å². The predicted molar refractivity (Wildman–Crippen MR) is 52.0 cm³/mol. The van der Waals surface area contributed by atoms with Crippen molar-refractivity contribution in [3.05, 3.63) is 23.8 Å². The molecular formula is C9H11NO3S. The van der Waals surface area contributed by atoms with Gasteiger partial charge in [0.25, 0.3) is 0 Å². The Morgan fingerprint density at radius 3 is 2.86 bits per heavy atom. The van der Waals surface area contributed by atoms with E-state index < -0.39 is 9.84 Å². The monoisotopic (exact) mass is 213 g/mol. The summed E-state index contributed by atoms with van der Waals surface area (Å²) in [4.78, 5) is 0.230. The molecule has 5 heteroatoms. The summed E-state index contributed by atoms with van der Waals surface area (Å²) in [5.74, 6) is -0.230. The molecule has 76 valence electrons. The SMILES string of the molecule is NCC1CS(=O)(=O)c2cccc(O)c21. The molecule has 0 saturated carbocycles. The van der Waals surface area contributed by atoms with Crippen LogP contribution in [0.25, 0.3) is 0 Å². The van der Waals surface area contributed by atoms with Gasteiger partial charge in [-0.05, 0) is 12.1 Å². The molecule has 1 unspecified atom stereocenters. The maximum absolute atomic E-state index is 11.6. The number of benzene rings is 1. The molecule has 3 N–H and O–H groups in total. The molecule has 0 amide bonds. The van der Waals surface area contributed by atoms with Gasteiger partial charge in [-0.15, -0.1) is 0 Å². The summed E-state index contributed by atoms with van der Waals surface area (Å²) in [5.41, 5.74) is 5.94. The largest absolute Gasteiger partial charge is 0.508 e. The molecule has 0 radical (unpaired) electrons. The van der Waals surface area contributed by atoms with Crippen LogP contribution in [0.5, 0.6) is 5.75 Å². The van der Waals surface area contributed by atoms with Crippen LogP contribution in [-0.4, -0.2) is 25.8 Å². The molecule has 14 heavy (non-hydrogen) atoms. The number of phenolic OH excluding ortho intramolecular Hbond substituents is 1. The average Bonchev–Trinajstić information content (AvgIpc) is 2.40. The number of hydrogen-bond donors (Lipinski definition) is 2. The molecule has 1 heterocycles. The van der Waals surface area contributed by atoms with Gasteiger partial charge in [-0.1, -0.05) is 6.07 Å². The summed E-state index contributed by atoms with van der Waals surface area (Å²) in [7, 11) is -3.23. The van der Waals surface area contributed by atoms with Crippen LogP contribution >= 0.6 is 0 Å². The second-order valence-corrected chi connectivity index (χ2v) is 5.41.